The number of oxime groups is 1. The van der Waals surface area contributed by atoms with E-state index in [2.05, 4.69) is 5.16 Å². The second-order valence-electron chi connectivity index (χ2n) is 3.96. The number of hydrogen-bond acceptors (Lipinski definition) is 5. The molecule has 0 amide bonds. The number of nitrogens with zero attached hydrogens (tertiary/aromatic N) is 1. The van der Waals surface area contributed by atoms with Crippen LogP contribution >= 0.6 is 0 Å². The van der Waals surface area contributed by atoms with Crippen LogP contribution in [0.4, 0.5) is 5.69 Å². The van der Waals surface area contributed by atoms with Gasteiger partial charge in [0.15, 0.2) is 9.84 Å². The van der Waals surface area contributed by atoms with Gasteiger partial charge in [0, 0.05) is 17.0 Å². The maximum atomic E-state index is 12.0. The number of hydrogen-bond donors (Lipinski definition) is 2. The van der Waals surface area contributed by atoms with Crippen molar-refractivity contribution in [1.29, 1.82) is 0 Å². The Balaban J connectivity index is 3.26. The van der Waals surface area contributed by atoms with E-state index in [1.54, 1.807) is 38.1 Å². The molecular formula is C12H18N2O3S. The van der Waals surface area contributed by atoms with Crippen LogP contribution in [-0.4, -0.2) is 30.3 Å². The number of benzene rings is 1. The molecule has 0 aliphatic rings. The first-order valence-corrected chi connectivity index (χ1v) is 7.47. The molecule has 1 atom stereocenters. The lowest BCUT2D eigenvalue weighted by Crippen LogP contribution is -2.32. The molecule has 0 saturated heterocycles. The largest absolute Gasteiger partial charge is 0.411 e. The smallest absolute Gasteiger partial charge is 0.158 e. The minimum absolute atomic E-state index is 0.00679. The summed E-state index contributed by atoms with van der Waals surface area (Å²) in [6, 6.07) is 6.66. The van der Waals surface area contributed by atoms with Crippen molar-refractivity contribution in [3.63, 3.8) is 0 Å². The van der Waals surface area contributed by atoms with Gasteiger partial charge in [-0.3, -0.25) is 0 Å². The zero-order valence-corrected chi connectivity index (χ0v) is 11.3. The van der Waals surface area contributed by atoms with Crippen LogP contribution in [0, 0.1) is 0 Å². The minimum atomic E-state index is -3.31. The molecule has 5 nitrogen and oxygen atoms in total. The molecule has 0 saturated carbocycles. The Bertz CT molecular complexity index is 538. The van der Waals surface area contributed by atoms with Gasteiger partial charge in [0.1, 0.15) is 11.0 Å². The van der Waals surface area contributed by atoms with E-state index in [-0.39, 0.29) is 11.5 Å². The third-order valence-electron chi connectivity index (χ3n) is 2.80. The molecule has 0 aliphatic heterocycles. The van der Waals surface area contributed by atoms with E-state index in [4.69, 9.17) is 10.9 Å². The molecule has 0 heterocycles. The van der Waals surface area contributed by atoms with Gasteiger partial charge in [-0.15, -0.1) is 0 Å². The van der Waals surface area contributed by atoms with Crippen LogP contribution in [0.2, 0.25) is 0 Å². The summed E-state index contributed by atoms with van der Waals surface area (Å²) in [5, 5.41) is 11.5. The molecule has 1 rings (SSSR count). The quantitative estimate of drug-likeness (QED) is 0.368. The van der Waals surface area contributed by atoms with Crippen molar-refractivity contribution >= 4 is 21.2 Å². The molecule has 0 bridgehead atoms. The van der Waals surface area contributed by atoms with E-state index in [1.165, 1.54) is 0 Å². The van der Waals surface area contributed by atoms with Crippen LogP contribution in [0.3, 0.4) is 0 Å². The summed E-state index contributed by atoms with van der Waals surface area (Å²) < 4.78 is 23.9. The summed E-state index contributed by atoms with van der Waals surface area (Å²) in [4.78, 5) is 0. The van der Waals surface area contributed by atoms with Crippen molar-refractivity contribution in [2.24, 2.45) is 5.16 Å². The summed E-state index contributed by atoms with van der Waals surface area (Å²) in [7, 11) is -3.31. The molecule has 1 aromatic rings. The predicted octanol–water partition coefficient (Wildman–Crippen LogP) is 1.66. The third-order valence-corrected chi connectivity index (χ3v) is 5.03. The van der Waals surface area contributed by atoms with Crippen LogP contribution in [0.25, 0.3) is 0 Å². The molecule has 1 aromatic carbocycles. The van der Waals surface area contributed by atoms with Crippen molar-refractivity contribution in [2.45, 2.75) is 25.5 Å². The normalized spacial score (nSPS) is 14.4. The molecular weight excluding hydrogens is 252 g/mol. The molecule has 0 radical (unpaired) electrons. The van der Waals surface area contributed by atoms with Crippen molar-refractivity contribution < 1.29 is 13.6 Å². The summed E-state index contributed by atoms with van der Waals surface area (Å²) in [6.07, 6.45) is 0.352. The van der Waals surface area contributed by atoms with E-state index in [9.17, 15) is 8.42 Å². The van der Waals surface area contributed by atoms with Gasteiger partial charge >= 0.3 is 0 Å². The number of nitrogens with two attached hydrogens (primary N) is 1. The monoisotopic (exact) mass is 270 g/mol. The fraction of sp³-hybridized carbons (Fsp3) is 0.417. The first-order chi connectivity index (χ1) is 8.46. The Morgan fingerprint density at radius 3 is 2.56 bits per heavy atom. The van der Waals surface area contributed by atoms with Gasteiger partial charge < -0.3 is 10.9 Å². The predicted molar refractivity (Wildman–Crippen MR) is 72.7 cm³/mol. The summed E-state index contributed by atoms with van der Waals surface area (Å²) in [5.41, 5.74) is 6.82. The first-order valence-electron chi connectivity index (χ1n) is 5.75. The van der Waals surface area contributed by atoms with Gasteiger partial charge in [0.2, 0.25) is 0 Å². The average molecular weight is 270 g/mol. The summed E-state index contributed by atoms with van der Waals surface area (Å²) >= 11 is 0. The zero-order chi connectivity index (χ0) is 13.8. The lowest BCUT2D eigenvalue weighted by atomic mass is 10.1. The maximum Gasteiger partial charge on any atom is 0.158 e. The molecule has 0 unspecified atom stereocenters. The van der Waals surface area contributed by atoms with E-state index >= 15 is 0 Å². The minimum Gasteiger partial charge on any atom is -0.411 e. The van der Waals surface area contributed by atoms with Crippen LogP contribution in [0.5, 0.6) is 0 Å². The molecule has 6 heteroatoms. The maximum absolute atomic E-state index is 12.0. The van der Waals surface area contributed by atoms with Crippen molar-refractivity contribution in [1.82, 2.24) is 0 Å². The second-order valence-corrected chi connectivity index (χ2v) is 6.43. The van der Waals surface area contributed by atoms with Crippen LogP contribution in [-0.2, 0) is 9.84 Å². The highest BCUT2D eigenvalue weighted by atomic mass is 32.2. The van der Waals surface area contributed by atoms with Gasteiger partial charge in [-0.05, 0) is 18.6 Å². The van der Waals surface area contributed by atoms with Crippen molar-refractivity contribution in [2.75, 3.05) is 11.5 Å². The first kappa shape index (κ1) is 14.5. The highest BCUT2D eigenvalue weighted by Crippen LogP contribution is 2.17. The third kappa shape index (κ3) is 3.01. The van der Waals surface area contributed by atoms with Crippen LogP contribution in [0.1, 0.15) is 25.8 Å². The lowest BCUT2D eigenvalue weighted by molar-refractivity contribution is 0.318. The molecule has 0 spiro atoms. The lowest BCUT2D eigenvalue weighted by Gasteiger charge is -2.16. The Hall–Kier alpha value is -1.56. The van der Waals surface area contributed by atoms with E-state index in [1.807, 2.05) is 0 Å². The Morgan fingerprint density at radius 2 is 2.11 bits per heavy atom. The number of sulfone groups is 1. The molecule has 18 heavy (non-hydrogen) atoms. The molecule has 0 fully saturated rings. The fourth-order valence-corrected chi connectivity index (χ4v) is 3.26. The second kappa shape index (κ2) is 5.86. The number of nitrogen functional groups attached to an aromatic ring is 1. The zero-order valence-electron chi connectivity index (χ0n) is 10.5. The Kier molecular flexibility index (Phi) is 4.72. The van der Waals surface area contributed by atoms with Gasteiger partial charge in [-0.25, -0.2) is 8.42 Å². The number of anilines is 1. The van der Waals surface area contributed by atoms with Gasteiger partial charge in [-0.2, -0.15) is 0 Å². The fourth-order valence-electron chi connectivity index (χ4n) is 1.82. The van der Waals surface area contributed by atoms with Crippen LogP contribution in [0.15, 0.2) is 29.4 Å². The topological polar surface area (TPSA) is 92.8 Å². The standard InChI is InChI=1S/C12H18N2O3S/c1-3-11(18(16,17)4-2)12(14-15)9-6-5-7-10(13)8-9/h5-8,11,15H,3-4,13H2,1-2H3/b14-12-/t11-/m1/s1. The summed E-state index contributed by atoms with van der Waals surface area (Å²) in [5.74, 6) is 0.00679. The van der Waals surface area contributed by atoms with Crippen LogP contribution < -0.4 is 5.73 Å². The van der Waals surface area contributed by atoms with Gasteiger partial charge in [0.05, 0.1) is 0 Å². The molecule has 3 N–H and O–H groups in total. The van der Waals surface area contributed by atoms with E-state index in [0.717, 1.165) is 0 Å². The number of rotatable bonds is 5. The Labute approximate surface area is 107 Å². The molecule has 0 aromatic heterocycles. The van der Waals surface area contributed by atoms with Crippen molar-refractivity contribution in [3.8, 4) is 0 Å². The summed E-state index contributed by atoms with van der Waals surface area (Å²) in [6.45, 7) is 3.32. The Morgan fingerprint density at radius 1 is 1.44 bits per heavy atom. The SMILES string of the molecule is CC[C@H](/C(=N\O)c1cccc(N)c1)S(=O)(=O)CC. The molecule has 0 aliphatic carbocycles. The van der Waals surface area contributed by atoms with E-state index in [0.29, 0.717) is 17.7 Å². The van der Waals surface area contributed by atoms with Gasteiger partial charge in [-0.1, -0.05) is 31.1 Å². The van der Waals surface area contributed by atoms with Gasteiger partial charge in [0.25, 0.3) is 0 Å². The molecule has 100 valence electrons. The van der Waals surface area contributed by atoms with E-state index < -0.39 is 15.1 Å². The highest BCUT2D eigenvalue weighted by Gasteiger charge is 2.28. The average Bonchev–Trinajstić information content (AvgIpc) is 2.35. The highest BCUT2D eigenvalue weighted by molar-refractivity contribution is 7.92. The van der Waals surface area contributed by atoms with Crippen molar-refractivity contribution in [3.05, 3.63) is 29.8 Å².